The van der Waals surface area contributed by atoms with Crippen LogP contribution in [-0.4, -0.2) is 25.9 Å². The Labute approximate surface area is 205 Å². The molecule has 4 aromatic rings. The van der Waals surface area contributed by atoms with Gasteiger partial charge in [-0.25, -0.2) is 14.3 Å². The first-order chi connectivity index (χ1) is 15.8. The zero-order chi connectivity index (χ0) is 23.3. The Morgan fingerprint density at radius 1 is 1.09 bits per heavy atom. The number of benzene rings is 2. The maximum atomic E-state index is 13.2. The van der Waals surface area contributed by atoms with E-state index in [0.717, 1.165) is 25.2 Å². The van der Waals surface area contributed by atoms with Crippen LogP contribution < -0.4 is 16.2 Å². The summed E-state index contributed by atoms with van der Waals surface area (Å²) in [5.74, 6) is 0.363. The first-order valence-corrected chi connectivity index (χ1v) is 11.7. The van der Waals surface area contributed by atoms with E-state index in [1.54, 1.807) is 21.5 Å². The summed E-state index contributed by atoms with van der Waals surface area (Å²) in [5.41, 5.74) is 4.07. The minimum atomic E-state index is -0.228. The molecule has 0 atom stereocenters. The molecule has 2 aromatic carbocycles. The van der Waals surface area contributed by atoms with Gasteiger partial charge in [-0.2, -0.15) is 4.98 Å². The number of anilines is 2. The number of fused-ring (bicyclic) bond motifs is 2. The Bertz CT molecular complexity index is 1420. The number of hydrogen-bond donors (Lipinski definition) is 2. The summed E-state index contributed by atoms with van der Waals surface area (Å²) in [7, 11) is 0. The van der Waals surface area contributed by atoms with Crippen molar-refractivity contribution < 1.29 is 0 Å². The quantitative estimate of drug-likeness (QED) is 0.384. The highest BCUT2D eigenvalue weighted by Gasteiger charge is 2.23. The predicted molar refractivity (Wildman–Crippen MR) is 134 cm³/mol. The monoisotopic (exact) mass is 502 g/mol. The van der Waals surface area contributed by atoms with E-state index < -0.39 is 0 Å². The Hall–Kier alpha value is -2.58. The highest BCUT2D eigenvalue weighted by atomic mass is 35.5. The highest BCUT2D eigenvalue weighted by molar-refractivity contribution is 6.40. The fourth-order valence-corrected chi connectivity index (χ4v) is 5.14. The van der Waals surface area contributed by atoms with E-state index in [1.165, 1.54) is 17.3 Å². The van der Waals surface area contributed by atoms with E-state index in [-0.39, 0.29) is 11.6 Å². The van der Waals surface area contributed by atoms with Crippen LogP contribution >= 0.6 is 34.8 Å². The number of nitrogens with one attached hydrogen (secondary N) is 2. The van der Waals surface area contributed by atoms with Crippen LogP contribution in [-0.2, 0) is 13.0 Å². The number of hydrogen-bond acceptors (Lipinski definition) is 5. The zero-order valence-corrected chi connectivity index (χ0v) is 20.3. The molecular formula is C23H21Cl3N6O. The SMILES string of the molecule is CC(C)n1c(=O)c2cnc(Nc3ccc4c(c3)CNCC4)nc2n1-c1c(Cl)cc(Cl)cc1Cl. The summed E-state index contributed by atoms with van der Waals surface area (Å²) in [5, 5.41) is 8.04. The van der Waals surface area contributed by atoms with Crippen LogP contribution in [0.2, 0.25) is 15.1 Å². The molecule has 0 amide bonds. The molecule has 10 heteroatoms. The average molecular weight is 504 g/mol. The van der Waals surface area contributed by atoms with Gasteiger partial charge in [0.1, 0.15) is 11.1 Å². The summed E-state index contributed by atoms with van der Waals surface area (Å²) >= 11 is 19.2. The molecule has 3 heterocycles. The van der Waals surface area contributed by atoms with Crippen molar-refractivity contribution >= 4 is 57.5 Å². The lowest BCUT2D eigenvalue weighted by atomic mass is 10.0. The minimum absolute atomic E-state index is 0.181. The van der Waals surface area contributed by atoms with Gasteiger partial charge in [0.05, 0.1) is 10.0 Å². The molecule has 0 bridgehead atoms. The Balaban J connectivity index is 1.67. The van der Waals surface area contributed by atoms with E-state index in [1.807, 2.05) is 19.9 Å². The van der Waals surface area contributed by atoms with Gasteiger partial charge < -0.3 is 10.6 Å². The molecule has 0 radical (unpaired) electrons. The Morgan fingerprint density at radius 3 is 2.58 bits per heavy atom. The molecule has 33 heavy (non-hydrogen) atoms. The normalized spacial score (nSPS) is 13.5. The number of halogens is 3. The van der Waals surface area contributed by atoms with Crippen LogP contribution in [0.4, 0.5) is 11.6 Å². The van der Waals surface area contributed by atoms with Gasteiger partial charge in [-0.05, 0) is 62.2 Å². The van der Waals surface area contributed by atoms with Gasteiger partial charge in [0.25, 0.3) is 5.56 Å². The molecule has 0 aliphatic carbocycles. The second-order valence-corrected chi connectivity index (χ2v) is 9.49. The molecule has 0 saturated carbocycles. The molecule has 0 spiro atoms. The van der Waals surface area contributed by atoms with E-state index in [4.69, 9.17) is 34.8 Å². The molecule has 2 N–H and O–H groups in total. The number of aromatic nitrogens is 4. The molecule has 0 fully saturated rings. The van der Waals surface area contributed by atoms with Crippen LogP contribution in [0.3, 0.4) is 0 Å². The molecule has 170 valence electrons. The first-order valence-electron chi connectivity index (χ1n) is 10.6. The number of rotatable bonds is 4. The van der Waals surface area contributed by atoms with Crippen molar-refractivity contribution in [3.8, 4) is 5.69 Å². The van der Waals surface area contributed by atoms with E-state index in [0.29, 0.717) is 37.7 Å². The smallest absolute Gasteiger partial charge is 0.278 e. The minimum Gasteiger partial charge on any atom is -0.324 e. The Morgan fingerprint density at radius 2 is 1.85 bits per heavy atom. The molecular weight excluding hydrogens is 483 g/mol. The first kappa shape index (κ1) is 22.2. The van der Waals surface area contributed by atoms with Gasteiger partial charge in [0, 0.05) is 29.5 Å². The van der Waals surface area contributed by atoms with Gasteiger partial charge >= 0.3 is 0 Å². The lowest BCUT2D eigenvalue weighted by molar-refractivity contribution is 0.476. The van der Waals surface area contributed by atoms with Gasteiger partial charge in [-0.3, -0.25) is 4.79 Å². The van der Waals surface area contributed by atoms with Crippen LogP contribution in [0.25, 0.3) is 16.7 Å². The molecule has 0 saturated heterocycles. The fraction of sp³-hybridized carbons (Fsp3) is 0.261. The third kappa shape index (κ3) is 3.99. The predicted octanol–water partition coefficient (Wildman–Crippen LogP) is 5.51. The second kappa shape index (κ2) is 8.65. The highest BCUT2D eigenvalue weighted by Crippen LogP contribution is 2.34. The molecule has 5 rings (SSSR count). The van der Waals surface area contributed by atoms with Crippen molar-refractivity contribution in [3.63, 3.8) is 0 Å². The summed E-state index contributed by atoms with van der Waals surface area (Å²) in [4.78, 5) is 22.3. The maximum absolute atomic E-state index is 13.2. The summed E-state index contributed by atoms with van der Waals surface area (Å²) < 4.78 is 3.21. The van der Waals surface area contributed by atoms with Crippen LogP contribution in [0, 0.1) is 0 Å². The van der Waals surface area contributed by atoms with Gasteiger partial charge in [0.2, 0.25) is 5.95 Å². The fourth-order valence-electron chi connectivity index (χ4n) is 4.17. The average Bonchev–Trinajstić information content (AvgIpc) is 3.05. The van der Waals surface area contributed by atoms with Gasteiger partial charge in [-0.1, -0.05) is 40.9 Å². The maximum Gasteiger partial charge on any atom is 0.278 e. The van der Waals surface area contributed by atoms with Crippen molar-refractivity contribution in [2.24, 2.45) is 0 Å². The van der Waals surface area contributed by atoms with E-state index in [9.17, 15) is 4.79 Å². The molecule has 2 aromatic heterocycles. The lowest BCUT2D eigenvalue weighted by Gasteiger charge is -2.18. The van der Waals surface area contributed by atoms with Gasteiger partial charge in [-0.15, -0.1) is 0 Å². The van der Waals surface area contributed by atoms with Crippen molar-refractivity contribution in [2.75, 3.05) is 11.9 Å². The summed E-state index contributed by atoms with van der Waals surface area (Å²) in [6.07, 6.45) is 2.54. The van der Waals surface area contributed by atoms with Crippen LogP contribution in [0.5, 0.6) is 0 Å². The number of nitrogens with zero attached hydrogens (tertiary/aromatic N) is 4. The molecule has 0 unspecified atom stereocenters. The topological polar surface area (TPSA) is 76.8 Å². The third-order valence-corrected chi connectivity index (χ3v) is 6.45. The van der Waals surface area contributed by atoms with Crippen LogP contribution in [0.1, 0.15) is 31.0 Å². The van der Waals surface area contributed by atoms with E-state index >= 15 is 0 Å². The molecule has 7 nitrogen and oxygen atoms in total. The summed E-state index contributed by atoms with van der Waals surface area (Å²) in [6, 6.07) is 9.22. The second-order valence-electron chi connectivity index (χ2n) is 8.24. The standard InChI is InChI=1S/C23H21Cl3N6O/c1-12(2)31-22(33)17-11-28-23(29-16-4-3-13-5-6-27-10-14(13)7-16)30-21(17)32(31)20-18(25)8-15(24)9-19(20)26/h3-4,7-9,11-12,27H,5-6,10H2,1-2H3,(H,28,29,30). The molecule has 1 aliphatic heterocycles. The van der Waals surface area contributed by atoms with Crippen molar-refractivity contribution in [3.05, 3.63) is 73.1 Å². The zero-order valence-electron chi connectivity index (χ0n) is 18.0. The largest absolute Gasteiger partial charge is 0.324 e. The van der Waals surface area contributed by atoms with E-state index in [2.05, 4.69) is 32.7 Å². The Kier molecular flexibility index (Phi) is 5.82. The lowest BCUT2D eigenvalue weighted by Crippen LogP contribution is -2.24. The molecule has 1 aliphatic rings. The summed E-state index contributed by atoms with van der Waals surface area (Å²) in [6.45, 7) is 5.62. The van der Waals surface area contributed by atoms with Crippen molar-refractivity contribution in [1.82, 2.24) is 24.6 Å². The van der Waals surface area contributed by atoms with Crippen molar-refractivity contribution in [2.45, 2.75) is 32.9 Å². The van der Waals surface area contributed by atoms with Gasteiger partial charge in [0.15, 0.2) is 5.65 Å². The third-order valence-electron chi connectivity index (χ3n) is 5.65. The van der Waals surface area contributed by atoms with Crippen LogP contribution in [0.15, 0.2) is 41.3 Å². The van der Waals surface area contributed by atoms with Crippen molar-refractivity contribution in [1.29, 1.82) is 0 Å².